The topological polar surface area (TPSA) is 41.5 Å². The smallest absolute Gasteiger partial charge is 0.128 e. The van der Waals surface area contributed by atoms with Gasteiger partial charge in [0, 0.05) is 6.54 Å². The van der Waals surface area contributed by atoms with Crippen LogP contribution < -0.4 is 5.48 Å². The van der Waals surface area contributed by atoms with E-state index < -0.39 is 5.60 Å². The van der Waals surface area contributed by atoms with Crippen LogP contribution in [0.4, 0.5) is 0 Å². The zero-order valence-electron chi connectivity index (χ0n) is 6.35. The zero-order chi connectivity index (χ0) is 8.04. The van der Waals surface area contributed by atoms with E-state index >= 15 is 0 Å². The molecule has 0 amide bonds. The predicted molar refractivity (Wildman–Crippen MR) is 39.1 cm³/mol. The average molecular weight is 143 g/mol. The second kappa shape index (κ2) is 4.29. The van der Waals surface area contributed by atoms with Gasteiger partial charge in [-0.05, 0) is 13.8 Å². The molecule has 0 bridgehead atoms. The van der Waals surface area contributed by atoms with Crippen molar-refractivity contribution < 1.29 is 9.94 Å². The van der Waals surface area contributed by atoms with E-state index in [0.29, 0.717) is 6.54 Å². The van der Waals surface area contributed by atoms with Gasteiger partial charge in [0.2, 0.25) is 0 Å². The summed E-state index contributed by atoms with van der Waals surface area (Å²) in [6, 6.07) is 0. The first-order valence-electron chi connectivity index (χ1n) is 3.07. The maximum absolute atomic E-state index is 9.12. The Morgan fingerprint density at radius 1 is 1.70 bits per heavy atom. The van der Waals surface area contributed by atoms with E-state index in [0.717, 1.165) is 0 Å². The number of nitrogens with one attached hydrogen (secondary N) is 1. The fourth-order valence-electron chi connectivity index (χ4n) is 0.320. The van der Waals surface area contributed by atoms with Crippen LogP contribution in [-0.4, -0.2) is 23.9 Å². The number of hydrogen-bond donors (Lipinski definition) is 2. The molecule has 58 valence electrons. The molecule has 0 rings (SSSR count). The van der Waals surface area contributed by atoms with E-state index in [9.17, 15) is 0 Å². The number of terminal acetylenes is 1. The Morgan fingerprint density at radius 2 is 2.30 bits per heavy atom. The zero-order valence-corrected chi connectivity index (χ0v) is 6.35. The Labute approximate surface area is 61.3 Å². The Balaban J connectivity index is 3.14. The van der Waals surface area contributed by atoms with Crippen LogP contribution in [-0.2, 0) is 4.84 Å². The lowest BCUT2D eigenvalue weighted by atomic mass is 10.1. The Hall–Kier alpha value is -0.560. The summed E-state index contributed by atoms with van der Waals surface area (Å²) >= 11 is 0. The SMILES string of the molecule is C#CCONCC(C)(C)O. The summed E-state index contributed by atoms with van der Waals surface area (Å²) in [6.45, 7) is 3.95. The summed E-state index contributed by atoms with van der Waals surface area (Å²) in [5, 5.41) is 9.12. The van der Waals surface area contributed by atoms with Crippen LogP contribution in [0.3, 0.4) is 0 Å². The molecule has 3 nitrogen and oxygen atoms in total. The molecule has 0 saturated carbocycles. The third-order valence-electron chi connectivity index (χ3n) is 0.762. The van der Waals surface area contributed by atoms with Crippen LogP contribution in [0.1, 0.15) is 13.8 Å². The summed E-state index contributed by atoms with van der Waals surface area (Å²) in [4.78, 5) is 4.71. The molecule has 0 aliphatic carbocycles. The van der Waals surface area contributed by atoms with Crippen molar-refractivity contribution in [1.82, 2.24) is 5.48 Å². The Morgan fingerprint density at radius 3 is 2.70 bits per heavy atom. The van der Waals surface area contributed by atoms with Gasteiger partial charge in [-0.1, -0.05) is 5.92 Å². The highest BCUT2D eigenvalue weighted by molar-refractivity contribution is 4.82. The molecule has 0 spiro atoms. The van der Waals surface area contributed by atoms with Crippen LogP contribution in [0.15, 0.2) is 0 Å². The molecule has 0 heterocycles. The minimum absolute atomic E-state index is 0.218. The molecule has 0 aromatic heterocycles. The molecule has 0 aliphatic rings. The van der Waals surface area contributed by atoms with E-state index in [1.807, 2.05) is 0 Å². The van der Waals surface area contributed by atoms with Crippen molar-refractivity contribution >= 4 is 0 Å². The average Bonchev–Trinajstić information content (AvgIpc) is 1.78. The van der Waals surface area contributed by atoms with E-state index in [4.69, 9.17) is 16.4 Å². The maximum Gasteiger partial charge on any atom is 0.128 e. The molecule has 2 N–H and O–H groups in total. The maximum atomic E-state index is 9.12. The molecule has 0 radical (unpaired) electrons. The quantitative estimate of drug-likeness (QED) is 0.328. The minimum atomic E-state index is -0.755. The number of hydrogen-bond acceptors (Lipinski definition) is 3. The molecule has 0 aromatic rings. The molecule has 10 heavy (non-hydrogen) atoms. The lowest BCUT2D eigenvalue weighted by Gasteiger charge is -2.16. The molecule has 3 heteroatoms. The summed E-state index contributed by atoms with van der Waals surface area (Å²) in [6.07, 6.45) is 4.90. The first-order chi connectivity index (χ1) is 4.56. The van der Waals surface area contributed by atoms with Gasteiger partial charge in [0.05, 0.1) is 5.60 Å². The molecular weight excluding hydrogens is 130 g/mol. The molecular formula is C7H13NO2. The van der Waals surface area contributed by atoms with E-state index in [2.05, 4.69) is 11.4 Å². The molecule has 0 unspecified atom stereocenters. The predicted octanol–water partition coefficient (Wildman–Crippen LogP) is -0.0883. The highest BCUT2D eigenvalue weighted by atomic mass is 16.6. The summed E-state index contributed by atoms with van der Waals surface area (Å²) in [5.41, 5.74) is 1.78. The van der Waals surface area contributed by atoms with Crippen LogP contribution in [0.25, 0.3) is 0 Å². The van der Waals surface area contributed by atoms with Gasteiger partial charge in [0.15, 0.2) is 0 Å². The molecule has 0 fully saturated rings. The Kier molecular flexibility index (Phi) is 4.05. The van der Waals surface area contributed by atoms with E-state index in [-0.39, 0.29) is 6.61 Å². The van der Waals surface area contributed by atoms with Gasteiger partial charge in [-0.3, -0.25) is 4.84 Å². The van der Waals surface area contributed by atoms with E-state index in [1.54, 1.807) is 13.8 Å². The number of aliphatic hydroxyl groups is 1. The van der Waals surface area contributed by atoms with Gasteiger partial charge in [-0.15, -0.1) is 6.42 Å². The first kappa shape index (κ1) is 9.44. The van der Waals surface area contributed by atoms with Crippen LogP contribution in [0.5, 0.6) is 0 Å². The number of hydroxylamine groups is 1. The van der Waals surface area contributed by atoms with Gasteiger partial charge in [0.1, 0.15) is 6.61 Å². The van der Waals surface area contributed by atoms with E-state index in [1.165, 1.54) is 0 Å². The summed E-state index contributed by atoms with van der Waals surface area (Å²) in [7, 11) is 0. The summed E-state index contributed by atoms with van der Waals surface area (Å²) < 4.78 is 0. The second-order valence-corrected chi connectivity index (χ2v) is 2.63. The van der Waals surface area contributed by atoms with Gasteiger partial charge in [0.25, 0.3) is 0 Å². The van der Waals surface area contributed by atoms with Crippen LogP contribution in [0, 0.1) is 12.3 Å². The van der Waals surface area contributed by atoms with Crippen molar-refractivity contribution in [3.63, 3.8) is 0 Å². The van der Waals surface area contributed by atoms with Crippen molar-refractivity contribution in [1.29, 1.82) is 0 Å². The van der Waals surface area contributed by atoms with Crippen LogP contribution >= 0.6 is 0 Å². The second-order valence-electron chi connectivity index (χ2n) is 2.63. The molecule has 0 atom stereocenters. The fraction of sp³-hybridized carbons (Fsp3) is 0.714. The van der Waals surface area contributed by atoms with Crippen molar-refractivity contribution in [2.45, 2.75) is 19.4 Å². The molecule has 0 aliphatic heterocycles. The lowest BCUT2D eigenvalue weighted by Crippen LogP contribution is -2.34. The monoisotopic (exact) mass is 143 g/mol. The highest BCUT2D eigenvalue weighted by Gasteiger charge is 2.10. The van der Waals surface area contributed by atoms with Crippen molar-refractivity contribution in [3.8, 4) is 12.3 Å². The fourth-order valence-corrected chi connectivity index (χ4v) is 0.320. The largest absolute Gasteiger partial charge is 0.389 e. The highest BCUT2D eigenvalue weighted by Crippen LogP contribution is 1.96. The first-order valence-corrected chi connectivity index (χ1v) is 3.07. The Bertz CT molecular complexity index is 121. The van der Waals surface area contributed by atoms with Gasteiger partial charge < -0.3 is 5.11 Å². The summed E-state index contributed by atoms with van der Waals surface area (Å²) in [5.74, 6) is 2.29. The van der Waals surface area contributed by atoms with Crippen molar-refractivity contribution in [2.24, 2.45) is 0 Å². The number of rotatable bonds is 4. The lowest BCUT2D eigenvalue weighted by molar-refractivity contribution is -0.00254. The third-order valence-corrected chi connectivity index (χ3v) is 0.762. The standard InChI is InChI=1S/C7H13NO2/c1-4-5-10-8-6-7(2,3)9/h1,8-9H,5-6H2,2-3H3. The van der Waals surface area contributed by atoms with Gasteiger partial charge >= 0.3 is 0 Å². The minimum Gasteiger partial charge on any atom is -0.389 e. The normalized spacial score (nSPS) is 11.0. The molecule has 0 aromatic carbocycles. The van der Waals surface area contributed by atoms with Crippen LogP contribution in [0.2, 0.25) is 0 Å². The molecule has 0 saturated heterocycles. The van der Waals surface area contributed by atoms with Crippen molar-refractivity contribution in [3.05, 3.63) is 0 Å². The van der Waals surface area contributed by atoms with Crippen molar-refractivity contribution in [2.75, 3.05) is 13.2 Å². The third kappa shape index (κ3) is 7.44. The van der Waals surface area contributed by atoms with Gasteiger partial charge in [-0.25, -0.2) is 0 Å². The van der Waals surface area contributed by atoms with Gasteiger partial charge in [-0.2, -0.15) is 5.48 Å².